The highest BCUT2D eigenvalue weighted by molar-refractivity contribution is 7.17. The van der Waals surface area contributed by atoms with Crippen LogP contribution in [0.1, 0.15) is 27.7 Å². The van der Waals surface area contributed by atoms with E-state index in [1.807, 2.05) is 6.92 Å². The van der Waals surface area contributed by atoms with Crippen LogP contribution in [-0.4, -0.2) is 53.4 Å². The van der Waals surface area contributed by atoms with E-state index in [1.165, 1.54) is 16.2 Å². The Kier molecular flexibility index (Phi) is 4.32. The maximum Gasteiger partial charge on any atom is 0.257 e. The Hall–Kier alpha value is -2.19. The minimum Gasteiger partial charge on any atom is -0.335 e. The van der Waals surface area contributed by atoms with Crippen LogP contribution in [0.25, 0.3) is 0 Å². The average Bonchev–Trinajstić information content (AvgIpc) is 2.96. The van der Waals surface area contributed by atoms with Crippen molar-refractivity contribution in [1.29, 1.82) is 0 Å². The number of aromatic nitrogens is 2. The summed E-state index contributed by atoms with van der Waals surface area (Å²) >= 11 is 7.40. The van der Waals surface area contributed by atoms with Crippen LogP contribution in [0.15, 0.2) is 12.4 Å². The van der Waals surface area contributed by atoms with Crippen molar-refractivity contribution < 1.29 is 9.59 Å². The summed E-state index contributed by atoms with van der Waals surface area (Å²) in [5, 5.41) is 1.27. The van der Waals surface area contributed by atoms with Crippen LogP contribution in [0.5, 0.6) is 0 Å². The van der Waals surface area contributed by atoms with Gasteiger partial charge in [0, 0.05) is 25.0 Å². The second-order valence-electron chi connectivity index (χ2n) is 6.36. The van der Waals surface area contributed by atoms with Crippen LogP contribution >= 0.6 is 22.9 Å². The molecule has 2 aromatic rings. The quantitative estimate of drug-likeness (QED) is 0.784. The SMILES string of the molecule is CCN1C(=O)CN(C)C(=O)c2c1sc1c2CCN(c2ncc(Cl)cn2)C1. The summed E-state index contributed by atoms with van der Waals surface area (Å²) < 4.78 is 0. The van der Waals surface area contributed by atoms with Gasteiger partial charge in [-0.05, 0) is 18.9 Å². The minimum atomic E-state index is -0.0713. The largest absolute Gasteiger partial charge is 0.335 e. The molecule has 4 rings (SSSR count). The van der Waals surface area contributed by atoms with Gasteiger partial charge in [0.15, 0.2) is 0 Å². The van der Waals surface area contributed by atoms with Gasteiger partial charge in [-0.15, -0.1) is 11.3 Å². The van der Waals surface area contributed by atoms with E-state index in [0.29, 0.717) is 29.6 Å². The van der Waals surface area contributed by atoms with E-state index in [2.05, 4.69) is 14.9 Å². The Balaban J connectivity index is 1.74. The highest BCUT2D eigenvalue weighted by atomic mass is 35.5. The van der Waals surface area contributed by atoms with Crippen molar-refractivity contribution in [2.24, 2.45) is 0 Å². The molecule has 0 aliphatic carbocycles. The topological polar surface area (TPSA) is 69.6 Å². The van der Waals surface area contributed by atoms with Gasteiger partial charge in [0.2, 0.25) is 11.9 Å². The number of rotatable bonds is 2. The molecule has 0 N–H and O–H groups in total. The molecule has 0 unspecified atom stereocenters. The lowest BCUT2D eigenvalue weighted by Crippen LogP contribution is -2.37. The predicted octanol–water partition coefficient (Wildman–Crippen LogP) is 2.19. The second-order valence-corrected chi connectivity index (χ2v) is 7.88. The van der Waals surface area contributed by atoms with Crippen LogP contribution in [0, 0.1) is 0 Å². The zero-order chi connectivity index (χ0) is 18.4. The fraction of sp³-hybridized carbons (Fsp3) is 0.412. The molecule has 2 amide bonds. The summed E-state index contributed by atoms with van der Waals surface area (Å²) in [5.41, 5.74) is 1.75. The Morgan fingerprint density at radius 2 is 1.96 bits per heavy atom. The molecule has 0 atom stereocenters. The number of hydrogen-bond acceptors (Lipinski definition) is 6. The number of nitrogens with zero attached hydrogens (tertiary/aromatic N) is 5. The summed E-state index contributed by atoms with van der Waals surface area (Å²) in [6.07, 6.45) is 3.89. The summed E-state index contributed by atoms with van der Waals surface area (Å²) in [7, 11) is 1.68. The first kappa shape index (κ1) is 17.2. The number of likely N-dealkylation sites (N-methyl/N-ethyl adjacent to an activating group) is 2. The molecule has 0 aromatic carbocycles. The molecule has 4 heterocycles. The molecule has 2 aromatic heterocycles. The zero-order valence-electron chi connectivity index (χ0n) is 14.5. The molecule has 2 aliphatic heterocycles. The maximum atomic E-state index is 12.9. The van der Waals surface area contributed by atoms with Gasteiger partial charge < -0.3 is 14.7 Å². The molecule has 26 heavy (non-hydrogen) atoms. The van der Waals surface area contributed by atoms with Gasteiger partial charge in [0.25, 0.3) is 5.91 Å². The molecule has 0 spiro atoms. The Bertz CT molecular complexity index is 882. The van der Waals surface area contributed by atoms with Gasteiger partial charge in [-0.3, -0.25) is 9.59 Å². The first-order chi connectivity index (χ1) is 12.5. The van der Waals surface area contributed by atoms with E-state index < -0.39 is 0 Å². The smallest absolute Gasteiger partial charge is 0.257 e. The molecule has 9 heteroatoms. The molecule has 0 saturated carbocycles. The lowest BCUT2D eigenvalue weighted by molar-refractivity contribution is -0.118. The summed E-state index contributed by atoms with van der Waals surface area (Å²) in [6.45, 7) is 3.94. The molecule has 0 bridgehead atoms. The van der Waals surface area contributed by atoms with Gasteiger partial charge in [-0.2, -0.15) is 0 Å². The number of carbonyl (C=O) groups is 2. The molecule has 0 fully saturated rings. The third-order valence-electron chi connectivity index (χ3n) is 4.72. The fourth-order valence-electron chi connectivity index (χ4n) is 3.42. The summed E-state index contributed by atoms with van der Waals surface area (Å²) in [4.78, 5) is 40.3. The molecule has 0 radical (unpaired) electrons. The summed E-state index contributed by atoms with van der Waals surface area (Å²) in [5.74, 6) is 0.507. The number of halogens is 1. The van der Waals surface area contributed by atoms with Crippen molar-refractivity contribution in [3.63, 3.8) is 0 Å². The molecular formula is C17H18ClN5O2S. The van der Waals surface area contributed by atoms with Crippen molar-refractivity contribution in [1.82, 2.24) is 14.9 Å². The molecule has 0 saturated heterocycles. The number of hydrogen-bond donors (Lipinski definition) is 0. The molecule has 136 valence electrons. The number of thiophene rings is 1. The second kappa shape index (κ2) is 6.51. The molecule has 2 aliphatic rings. The van der Waals surface area contributed by atoms with Crippen LogP contribution in [0.3, 0.4) is 0 Å². The number of carbonyl (C=O) groups excluding carboxylic acids is 2. The highest BCUT2D eigenvalue weighted by Crippen LogP contribution is 2.41. The molecular weight excluding hydrogens is 374 g/mol. The monoisotopic (exact) mass is 391 g/mol. The third kappa shape index (κ3) is 2.73. The minimum absolute atomic E-state index is 0.0430. The first-order valence-corrected chi connectivity index (χ1v) is 9.62. The maximum absolute atomic E-state index is 12.9. The highest BCUT2D eigenvalue weighted by Gasteiger charge is 2.36. The van der Waals surface area contributed by atoms with E-state index in [9.17, 15) is 9.59 Å². The first-order valence-electron chi connectivity index (χ1n) is 8.42. The van der Waals surface area contributed by atoms with Crippen LogP contribution < -0.4 is 9.80 Å². The van der Waals surface area contributed by atoms with E-state index in [4.69, 9.17) is 11.6 Å². The van der Waals surface area contributed by atoms with E-state index >= 15 is 0 Å². The van der Waals surface area contributed by atoms with Crippen molar-refractivity contribution >= 4 is 45.7 Å². The number of amides is 2. The van der Waals surface area contributed by atoms with E-state index in [0.717, 1.165) is 28.4 Å². The third-order valence-corrected chi connectivity index (χ3v) is 6.16. The summed E-state index contributed by atoms with van der Waals surface area (Å²) in [6, 6.07) is 0. The molecule has 7 nitrogen and oxygen atoms in total. The number of anilines is 2. The zero-order valence-corrected chi connectivity index (χ0v) is 16.1. The lowest BCUT2D eigenvalue weighted by Gasteiger charge is -2.27. The average molecular weight is 392 g/mol. The van der Waals surface area contributed by atoms with Crippen LogP contribution in [-0.2, 0) is 17.8 Å². The van der Waals surface area contributed by atoms with Gasteiger partial charge >= 0.3 is 0 Å². The van der Waals surface area contributed by atoms with Crippen molar-refractivity contribution in [3.05, 3.63) is 33.4 Å². The lowest BCUT2D eigenvalue weighted by atomic mass is 10.0. The van der Waals surface area contributed by atoms with Crippen molar-refractivity contribution in [2.45, 2.75) is 19.9 Å². The van der Waals surface area contributed by atoms with Crippen molar-refractivity contribution in [2.75, 3.05) is 36.5 Å². The van der Waals surface area contributed by atoms with Gasteiger partial charge in [0.1, 0.15) is 11.5 Å². The fourth-order valence-corrected chi connectivity index (χ4v) is 4.96. The number of fused-ring (bicyclic) bond motifs is 3. The van der Waals surface area contributed by atoms with Crippen molar-refractivity contribution in [3.8, 4) is 0 Å². The van der Waals surface area contributed by atoms with Gasteiger partial charge in [-0.1, -0.05) is 11.6 Å². The van der Waals surface area contributed by atoms with Crippen LogP contribution in [0.2, 0.25) is 5.02 Å². The van der Waals surface area contributed by atoms with Crippen LogP contribution in [0.4, 0.5) is 10.9 Å². The van der Waals surface area contributed by atoms with E-state index in [-0.39, 0.29) is 18.4 Å². The van der Waals surface area contributed by atoms with Gasteiger partial charge in [-0.25, -0.2) is 9.97 Å². The van der Waals surface area contributed by atoms with E-state index in [1.54, 1.807) is 24.3 Å². The Labute approximate surface area is 160 Å². The Morgan fingerprint density at radius 1 is 1.23 bits per heavy atom. The van der Waals surface area contributed by atoms with Gasteiger partial charge in [0.05, 0.1) is 29.5 Å². The standard InChI is InChI=1S/C17H18ClN5O2S/c1-3-23-13(24)9-21(2)15(25)14-11-4-5-22(8-12(11)26-16(14)23)17-19-6-10(18)7-20-17/h6-7H,3-5,8-9H2,1-2H3. The Morgan fingerprint density at radius 3 is 2.65 bits per heavy atom. The predicted molar refractivity (Wildman–Crippen MR) is 101 cm³/mol. The normalized spacial score (nSPS) is 17.3.